The Labute approximate surface area is 493 Å². The first-order chi connectivity index (χ1) is 35.7. The van der Waals surface area contributed by atoms with Gasteiger partial charge in [-0.25, -0.2) is 60.9 Å². The summed E-state index contributed by atoms with van der Waals surface area (Å²) in [5, 5.41) is 38.1. The number of halogens is 3. The molecule has 0 fully saturated rings. The molecule has 0 atom stereocenters. The van der Waals surface area contributed by atoms with Crippen molar-refractivity contribution in [3.8, 4) is 46.1 Å². The quantitative estimate of drug-likeness (QED) is 0.0371. The van der Waals surface area contributed by atoms with Gasteiger partial charge in [-0.05, 0) is 98.1 Å². The van der Waals surface area contributed by atoms with Crippen molar-refractivity contribution in [3.05, 3.63) is 121 Å². The van der Waals surface area contributed by atoms with Gasteiger partial charge < -0.3 is 73.5 Å². The molecule has 3 radical (unpaired) electrons. The molecular weight excluding hydrogens is 1280 g/mol. The largest absolute Gasteiger partial charge is 2.00 e. The normalized spacial score (nSPS) is 10.3. The molecule has 8 heterocycles. The molecule has 0 amide bonds. The molecule has 8 aromatic rings. The Morgan fingerprint density at radius 1 is 0.463 bits per heavy atom. The van der Waals surface area contributed by atoms with Gasteiger partial charge in [0, 0.05) is 87.9 Å². The molecule has 80 heavy (non-hydrogen) atoms. The van der Waals surface area contributed by atoms with E-state index in [0.717, 1.165) is 80.5 Å². The van der Waals surface area contributed by atoms with Crippen LogP contribution < -0.4 is 93.1 Å². The Hall–Kier alpha value is -5.13. The number of nitrogens with two attached hydrogens (primary N) is 2. The number of pyridine rings is 4. The predicted molar refractivity (Wildman–Crippen MR) is 230 cm³/mol. The Kier molecular flexibility index (Phi) is 43.1. The second-order valence-corrected chi connectivity index (χ2v) is 16.3. The molecule has 0 aliphatic carbocycles. The van der Waals surface area contributed by atoms with Crippen LogP contribution in [0.2, 0.25) is 0 Å². The summed E-state index contributed by atoms with van der Waals surface area (Å²) in [4.78, 5) is 34.6. The summed E-state index contributed by atoms with van der Waals surface area (Å²) in [6, 6.07) is 22.5. The fraction of sp³-hybridized carbons (Fsp3) is 0.300. The van der Waals surface area contributed by atoms with Gasteiger partial charge in [0.05, 0.1) is 17.1 Å². The van der Waals surface area contributed by atoms with Crippen LogP contribution in [-0.4, -0.2) is 116 Å². The summed E-state index contributed by atoms with van der Waals surface area (Å²) in [6.07, 6.45) is 11.4. The molecule has 0 unspecified atom stereocenters. The van der Waals surface area contributed by atoms with E-state index < -0.39 is 30.7 Å². The Morgan fingerprint density at radius 3 is 1.21 bits per heavy atom. The smallest absolute Gasteiger partial charge is 0.421 e. The molecular formula is C40H51Cl3Cu3N20O14. The number of hydrogen-bond donors (Lipinski definition) is 5. The monoisotopic (exact) mass is 1330 g/mol. The zero-order valence-electron chi connectivity index (χ0n) is 41.0. The molecule has 8 rings (SSSR count). The van der Waals surface area contributed by atoms with E-state index in [1.54, 1.807) is 24.8 Å². The Morgan fingerprint density at radius 2 is 0.838 bits per heavy atom. The maximum Gasteiger partial charge on any atom is 2.00 e. The molecule has 0 spiro atoms. The van der Waals surface area contributed by atoms with Gasteiger partial charge in [0.25, 0.3) is 0 Å². The van der Waals surface area contributed by atoms with Crippen LogP contribution >= 0.6 is 0 Å². The number of nitrogens with zero attached hydrogens (tertiary/aromatic N) is 15. The van der Waals surface area contributed by atoms with E-state index in [4.69, 9.17) is 67.4 Å². The first-order valence-electron chi connectivity index (χ1n) is 21.5. The van der Waals surface area contributed by atoms with Crippen LogP contribution in [0.25, 0.3) is 46.1 Å². The van der Waals surface area contributed by atoms with Crippen LogP contribution in [0, 0.1) is 30.7 Å². The Bertz CT molecular complexity index is 2340. The van der Waals surface area contributed by atoms with E-state index in [1.807, 2.05) is 72.8 Å². The first-order valence-corrected chi connectivity index (χ1v) is 25.2. The van der Waals surface area contributed by atoms with Crippen molar-refractivity contribution >= 4 is 0 Å². The molecule has 0 aromatic carbocycles. The van der Waals surface area contributed by atoms with Gasteiger partial charge in [-0.1, -0.05) is 24.3 Å². The zero-order valence-corrected chi connectivity index (χ0v) is 46.1. The summed E-state index contributed by atoms with van der Waals surface area (Å²) in [7, 11) is -14.8. The zero-order chi connectivity index (χ0) is 55.0. The summed E-state index contributed by atoms with van der Waals surface area (Å²) < 4.78 is 102. The SMILES string of the molecule is NCCNCCNCCN.O.O.[Cu+2].[Cu+2].[Cu+2].[O-][Cl+3]([O-])([O-])[O-].[O-][Cl+3]([O-])([O-])[O-].[O-][Cl+3]([O-])([O-])[O-].c1ccc(-c2n[nH]c(CCCc3nnc(-c4ccccn4)[n-]3)n2)nc1.c1ccc(-c2nc(CCCc3nnc(-c4ccccn4)[n-]3)n[n-]2)nc1. The molecule has 449 valence electrons. The van der Waals surface area contributed by atoms with Crippen molar-refractivity contribution in [1.29, 1.82) is 0 Å². The van der Waals surface area contributed by atoms with Crippen molar-refractivity contribution < 1.29 is 149 Å². The maximum atomic E-state index is 8.49. The summed E-state index contributed by atoms with van der Waals surface area (Å²) in [5.41, 5.74) is 13.5. The molecule has 34 nitrogen and oxygen atoms in total. The summed E-state index contributed by atoms with van der Waals surface area (Å²) in [6.45, 7) is 5.14. The van der Waals surface area contributed by atoms with Crippen molar-refractivity contribution in [2.24, 2.45) is 11.5 Å². The fourth-order valence-corrected chi connectivity index (χ4v) is 5.41. The molecule has 8 aromatic heterocycles. The van der Waals surface area contributed by atoms with E-state index in [2.05, 4.69) is 91.3 Å². The number of aromatic nitrogens is 16. The van der Waals surface area contributed by atoms with Crippen molar-refractivity contribution in [2.75, 3.05) is 39.3 Å². The molecule has 0 aliphatic heterocycles. The third kappa shape index (κ3) is 39.3. The number of hydrogen-bond acceptors (Lipinski definition) is 28. The third-order valence-electron chi connectivity index (χ3n) is 8.33. The summed E-state index contributed by atoms with van der Waals surface area (Å²) >= 11 is 0. The molecule has 0 saturated heterocycles. The second-order valence-electron chi connectivity index (χ2n) is 14.0. The van der Waals surface area contributed by atoms with Gasteiger partial charge in [0.1, 0.15) is 11.5 Å². The van der Waals surface area contributed by atoms with E-state index in [9.17, 15) is 0 Å². The minimum atomic E-state index is -4.94. The van der Waals surface area contributed by atoms with Crippen LogP contribution in [-0.2, 0) is 76.9 Å². The molecule has 0 saturated carbocycles. The molecule has 40 heteroatoms. The number of nitrogens with one attached hydrogen (secondary N) is 3. The van der Waals surface area contributed by atoms with Gasteiger partial charge in [0.2, 0.25) is 0 Å². The first kappa shape index (κ1) is 79.1. The topological polar surface area (TPSA) is 629 Å². The fourth-order valence-electron chi connectivity index (χ4n) is 5.41. The van der Waals surface area contributed by atoms with Crippen molar-refractivity contribution in [2.45, 2.75) is 38.5 Å². The number of rotatable bonds is 19. The van der Waals surface area contributed by atoms with E-state index in [-0.39, 0.29) is 62.2 Å². The molecule has 11 N–H and O–H groups in total. The molecule has 0 aliphatic rings. The number of aromatic amines is 1. The van der Waals surface area contributed by atoms with Crippen LogP contribution in [0.4, 0.5) is 0 Å². The second kappa shape index (κ2) is 43.6. The summed E-state index contributed by atoms with van der Waals surface area (Å²) in [5.74, 6) is 5.22. The average Bonchev–Trinajstić information content (AvgIpc) is 4.22. The predicted octanol–water partition coefficient (Wildman–Crippen LogP) is -14.5. The van der Waals surface area contributed by atoms with E-state index in [1.165, 1.54) is 0 Å². The van der Waals surface area contributed by atoms with Crippen LogP contribution in [0.3, 0.4) is 0 Å². The number of H-pyrrole nitrogens is 1. The average molecular weight is 1330 g/mol. The van der Waals surface area contributed by atoms with Crippen LogP contribution in [0.1, 0.15) is 36.1 Å². The van der Waals surface area contributed by atoms with Gasteiger partial charge >= 0.3 is 51.2 Å². The Balaban J connectivity index is -0.00000101. The maximum absolute atomic E-state index is 8.49. The van der Waals surface area contributed by atoms with E-state index in [0.29, 0.717) is 66.7 Å². The number of aryl methyl sites for hydroxylation is 4. The minimum Gasteiger partial charge on any atom is -0.421 e. The molecule has 0 bridgehead atoms. The standard InChI is InChI=1S/C17H15N8.C17H14N8.C6H18N4.3ClHO4.3Cu.2H2O/c2*1-3-10-18-12(6-1)16-20-14(22-24-16)8-5-9-15-21-17(25-23-15)13-7-2-4-11-19-13;7-1-3-9-5-6-10-4-2-8;3*2-1(3,4)5;;;;;/h1-4,6-7,10-11H,5,8-9H2,(H-,20,21,22,23,24,25);1-4,6-7,10-11H,5,8-9H2;9-10H,1-8H2;3*(H,2,3,4,5);;;;2*1H2/q-1;-2;;;;;3*+2;;/p-3. The van der Waals surface area contributed by atoms with E-state index >= 15 is 0 Å². The van der Waals surface area contributed by atoms with Gasteiger partial charge in [-0.15, -0.1) is 30.7 Å². The van der Waals surface area contributed by atoms with Crippen LogP contribution in [0.5, 0.6) is 0 Å². The van der Waals surface area contributed by atoms with Crippen molar-refractivity contribution in [1.82, 2.24) is 91.3 Å². The van der Waals surface area contributed by atoms with Gasteiger partial charge in [-0.3, -0.25) is 30.1 Å². The third-order valence-corrected chi connectivity index (χ3v) is 8.33. The van der Waals surface area contributed by atoms with Crippen molar-refractivity contribution in [3.63, 3.8) is 0 Å². The minimum absolute atomic E-state index is 0. The van der Waals surface area contributed by atoms with Crippen LogP contribution in [0.15, 0.2) is 97.6 Å². The van der Waals surface area contributed by atoms with Gasteiger partial charge in [0.15, 0.2) is 5.82 Å². The van der Waals surface area contributed by atoms with Gasteiger partial charge in [-0.2, -0.15) is 5.10 Å².